The van der Waals surface area contributed by atoms with E-state index in [9.17, 15) is 0 Å². The minimum Gasteiger partial charge on any atom is -0.382 e. The Bertz CT molecular complexity index is 207. The van der Waals surface area contributed by atoms with Gasteiger partial charge in [-0.15, -0.1) is 0 Å². The minimum atomic E-state index is 0.139. The molecule has 0 aromatic rings. The molecule has 0 aromatic carbocycles. The van der Waals surface area contributed by atoms with Gasteiger partial charge in [-0.3, -0.25) is 0 Å². The Morgan fingerprint density at radius 3 is 2.39 bits per heavy atom. The fourth-order valence-corrected chi connectivity index (χ4v) is 2.40. The monoisotopic (exact) mass is 257 g/mol. The molecule has 0 aliphatic heterocycles. The third-order valence-corrected chi connectivity index (χ3v) is 3.50. The van der Waals surface area contributed by atoms with Crippen molar-refractivity contribution in [2.24, 2.45) is 5.92 Å². The Hall–Kier alpha value is -0.120. The van der Waals surface area contributed by atoms with Crippen LogP contribution in [0.2, 0.25) is 0 Å². The maximum Gasteiger partial charge on any atom is 0.0932 e. The zero-order chi connectivity index (χ0) is 13.4. The molecule has 1 aliphatic rings. The summed E-state index contributed by atoms with van der Waals surface area (Å²) in [5.41, 5.74) is 0.139. The Morgan fingerprint density at radius 2 is 1.83 bits per heavy atom. The lowest BCUT2D eigenvalue weighted by atomic mass is 9.90. The van der Waals surface area contributed by atoms with Crippen molar-refractivity contribution < 1.29 is 9.47 Å². The first-order valence-corrected chi connectivity index (χ1v) is 7.37. The van der Waals surface area contributed by atoms with Gasteiger partial charge in [-0.2, -0.15) is 0 Å². The lowest BCUT2D eigenvalue weighted by Gasteiger charge is -2.27. The van der Waals surface area contributed by atoms with E-state index in [4.69, 9.17) is 9.47 Å². The molecule has 1 rings (SSSR count). The van der Waals surface area contributed by atoms with E-state index in [0.717, 1.165) is 19.1 Å². The molecule has 0 bridgehead atoms. The highest BCUT2D eigenvalue weighted by atomic mass is 16.5. The van der Waals surface area contributed by atoms with Crippen molar-refractivity contribution in [1.82, 2.24) is 5.32 Å². The van der Waals surface area contributed by atoms with E-state index in [0.29, 0.717) is 6.61 Å². The first-order chi connectivity index (χ1) is 8.51. The van der Waals surface area contributed by atoms with Crippen LogP contribution in [0, 0.1) is 5.92 Å². The van der Waals surface area contributed by atoms with Gasteiger partial charge in [0.15, 0.2) is 0 Å². The lowest BCUT2D eigenvalue weighted by molar-refractivity contribution is -0.0230. The molecule has 18 heavy (non-hydrogen) atoms. The standard InChI is InChI=1S/C15H31NO2/c1-15(2,3)16-10-14(12-17-4)18-11-13-8-6-5-7-9-13/h13-14,16H,5-12H2,1-4H3. The molecule has 1 atom stereocenters. The molecule has 1 unspecified atom stereocenters. The van der Waals surface area contributed by atoms with E-state index in [1.165, 1.54) is 32.1 Å². The van der Waals surface area contributed by atoms with Crippen LogP contribution in [0.3, 0.4) is 0 Å². The van der Waals surface area contributed by atoms with Gasteiger partial charge in [0.05, 0.1) is 12.7 Å². The van der Waals surface area contributed by atoms with Crippen molar-refractivity contribution >= 4 is 0 Å². The molecule has 0 aromatic heterocycles. The number of ether oxygens (including phenoxy) is 2. The van der Waals surface area contributed by atoms with Gasteiger partial charge in [0, 0.05) is 25.8 Å². The third kappa shape index (κ3) is 7.34. The molecule has 1 N–H and O–H groups in total. The number of rotatable bonds is 7. The van der Waals surface area contributed by atoms with Gasteiger partial charge in [0.25, 0.3) is 0 Å². The average molecular weight is 257 g/mol. The predicted molar refractivity (Wildman–Crippen MR) is 75.9 cm³/mol. The molecular formula is C15H31NO2. The Balaban J connectivity index is 2.23. The highest BCUT2D eigenvalue weighted by Gasteiger charge is 2.18. The lowest BCUT2D eigenvalue weighted by Crippen LogP contribution is -2.43. The van der Waals surface area contributed by atoms with Crippen LogP contribution in [0.15, 0.2) is 0 Å². The van der Waals surface area contributed by atoms with E-state index in [2.05, 4.69) is 26.1 Å². The second-order valence-corrected chi connectivity index (χ2v) is 6.55. The van der Waals surface area contributed by atoms with E-state index >= 15 is 0 Å². The maximum absolute atomic E-state index is 6.03. The van der Waals surface area contributed by atoms with Crippen LogP contribution < -0.4 is 5.32 Å². The number of hydrogen-bond donors (Lipinski definition) is 1. The zero-order valence-corrected chi connectivity index (χ0v) is 12.6. The molecule has 0 saturated heterocycles. The topological polar surface area (TPSA) is 30.5 Å². The maximum atomic E-state index is 6.03. The summed E-state index contributed by atoms with van der Waals surface area (Å²) in [4.78, 5) is 0. The van der Waals surface area contributed by atoms with Crippen molar-refractivity contribution in [3.63, 3.8) is 0 Å². The Kier molecular flexibility index (Phi) is 7.20. The molecule has 0 heterocycles. The summed E-state index contributed by atoms with van der Waals surface area (Å²) in [6, 6.07) is 0. The smallest absolute Gasteiger partial charge is 0.0932 e. The molecule has 3 heteroatoms. The zero-order valence-electron chi connectivity index (χ0n) is 12.6. The van der Waals surface area contributed by atoms with Gasteiger partial charge in [0.2, 0.25) is 0 Å². The van der Waals surface area contributed by atoms with Gasteiger partial charge in [-0.05, 0) is 39.5 Å². The largest absolute Gasteiger partial charge is 0.382 e. The number of hydrogen-bond acceptors (Lipinski definition) is 3. The van der Waals surface area contributed by atoms with Crippen molar-refractivity contribution in [2.75, 3.05) is 26.9 Å². The first kappa shape index (κ1) is 15.9. The minimum absolute atomic E-state index is 0.139. The van der Waals surface area contributed by atoms with Crippen molar-refractivity contribution in [1.29, 1.82) is 0 Å². The van der Waals surface area contributed by atoms with Crippen LogP contribution in [-0.2, 0) is 9.47 Å². The molecule has 0 radical (unpaired) electrons. The van der Waals surface area contributed by atoms with Crippen molar-refractivity contribution in [3.05, 3.63) is 0 Å². The van der Waals surface area contributed by atoms with Crippen molar-refractivity contribution in [3.8, 4) is 0 Å². The summed E-state index contributed by atoms with van der Waals surface area (Å²) < 4.78 is 11.3. The van der Waals surface area contributed by atoms with E-state index in [1.807, 2.05) is 0 Å². The van der Waals surface area contributed by atoms with E-state index in [1.54, 1.807) is 7.11 Å². The predicted octanol–water partition coefficient (Wildman–Crippen LogP) is 2.99. The van der Waals surface area contributed by atoms with Crippen molar-refractivity contribution in [2.45, 2.75) is 64.5 Å². The number of nitrogens with one attached hydrogen (secondary N) is 1. The first-order valence-electron chi connectivity index (χ1n) is 7.37. The van der Waals surface area contributed by atoms with Crippen LogP contribution in [0.25, 0.3) is 0 Å². The molecule has 1 saturated carbocycles. The van der Waals surface area contributed by atoms with E-state index < -0.39 is 0 Å². The van der Waals surface area contributed by atoms with Gasteiger partial charge < -0.3 is 14.8 Å². The van der Waals surface area contributed by atoms with Gasteiger partial charge in [0.1, 0.15) is 0 Å². The highest BCUT2D eigenvalue weighted by molar-refractivity contribution is 4.74. The van der Waals surface area contributed by atoms with Gasteiger partial charge >= 0.3 is 0 Å². The highest BCUT2D eigenvalue weighted by Crippen LogP contribution is 2.24. The molecule has 0 amide bonds. The molecule has 3 nitrogen and oxygen atoms in total. The quantitative estimate of drug-likeness (QED) is 0.760. The van der Waals surface area contributed by atoms with Gasteiger partial charge in [-0.1, -0.05) is 19.3 Å². The molecule has 1 fully saturated rings. The van der Waals surface area contributed by atoms with Crippen LogP contribution >= 0.6 is 0 Å². The van der Waals surface area contributed by atoms with Crippen LogP contribution in [0.4, 0.5) is 0 Å². The third-order valence-electron chi connectivity index (χ3n) is 3.50. The van der Waals surface area contributed by atoms with E-state index in [-0.39, 0.29) is 11.6 Å². The molecule has 0 spiro atoms. The molecule has 1 aliphatic carbocycles. The van der Waals surface area contributed by atoms with Crippen LogP contribution in [-0.4, -0.2) is 38.5 Å². The molecular weight excluding hydrogens is 226 g/mol. The second-order valence-electron chi connectivity index (χ2n) is 6.55. The number of methoxy groups -OCH3 is 1. The Morgan fingerprint density at radius 1 is 1.17 bits per heavy atom. The summed E-state index contributed by atoms with van der Waals surface area (Å²) in [6.45, 7) is 8.98. The molecule has 108 valence electrons. The summed E-state index contributed by atoms with van der Waals surface area (Å²) >= 11 is 0. The van der Waals surface area contributed by atoms with Crippen LogP contribution in [0.5, 0.6) is 0 Å². The summed E-state index contributed by atoms with van der Waals surface area (Å²) in [5, 5.41) is 3.49. The summed E-state index contributed by atoms with van der Waals surface area (Å²) in [5.74, 6) is 0.771. The summed E-state index contributed by atoms with van der Waals surface area (Å²) in [6.07, 6.45) is 7.02. The van der Waals surface area contributed by atoms with Crippen LogP contribution in [0.1, 0.15) is 52.9 Å². The Labute approximate surface area is 113 Å². The van der Waals surface area contributed by atoms with Gasteiger partial charge in [-0.25, -0.2) is 0 Å². The second kappa shape index (κ2) is 8.13. The average Bonchev–Trinajstić information content (AvgIpc) is 2.33. The summed E-state index contributed by atoms with van der Waals surface area (Å²) in [7, 11) is 1.74. The fraction of sp³-hybridized carbons (Fsp3) is 1.00. The SMILES string of the molecule is COCC(CNC(C)(C)C)OCC1CCCCC1. The fourth-order valence-electron chi connectivity index (χ4n) is 2.40. The normalized spacial score (nSPS) is 20.0.